The second-order valence-corrected chi connectivity index (χ2v) is 3.68. The number of terminal acetylenes is 1. The molecule has 1 nitrogen and oxygen atoms in total. The highest BCUT2D eigenvalue weighted by Gasteiger charge is 2.02. The predicted octanol–water partition coefficient (Wildman–Crippen LogP) is 3.91. The Balaban J connectivity index is 2.28. The lowest BCUT2D eigenvalue weighted by atomic mass is 10.1. The molecule has 0 bridgehead atoms. The Hall–Kier alpha value is -2.27. The number of aryl methyl sites for hydroxylation is 1. The molecule has 0 amide bonds. The maximum Gasteiger partial charge on any atom is 0.130 e. The first-order valence-corrected chi connectivity index (χ1v) is 5.20. The Kier molecular flexibility index (Phi) is 3.11. The second kappa shape index (κ2) is 4.71. The van der Waals surface area contributed by atoms with E-state index in [0.717, 1.165) is 11.1 Å². The van der Waals surface area contributed by atoms with Crippen molar-refractivity contribution in [3.63, 3.8) is 0 Å². The number of hydrogen-bond acceptors (Lipinski definition) is 1. The molecule has 2 heteroatoms. The summed E-state index contributed by atoms with van der Waals surface area (Å²) in [6.45, 7) is 1.90. The molecule has 0 aliphatic carbocycles. The molecule has 17 heavy (non-hydrogen) atoms. The van der Waals surface area contributed by atoms with E-state index in [9.17, 15) is 4.39 Å². The van der Waals surface area contributed by atoms with Gasteiger partial charge in [-0.05, 0) is 42.8 Å². The van der Waals surface area contributed by atoms with E-state index >= 15 is 0 Å². The summed E-state index contributed by atoms with van der Waals surface area (Å²) in [4.78, 5) is 0. The molecular formula is C15H11FO. The molecule has 0 heterocycles. The van der Waals surface area contributed by atoms with E-state index in [0.29, 0.717) is 11.5 Å². The third-order valence-electron chi connectivity index (χ3n) is 2.37. The van der Waals surface area contributed by atoms with E-state index < -0.39 is 0 Å². The molecule has 84 valence electrons. The Morgan fingerprint density at radius 2 is 2.00 bits per heavy atom. The zero-order valence-corrected chi connectivity index (χ0v) is 9.41. The van der Waals surface area contributed by atoms with Crippen LogP contribution in [-0.2, 0) is 0 Å². The van der Waals surface area contributed by atoms with Gasteiger partial charge >= 0.3 is 0 Å². The lowest BCUT2D eigenvalue weighted by Gasteiger charge is -2.08. The van der Waals surface area contributed by atoms with Crippen LogP contribution in [0.2, 0.25) is 0 Å². The lowest BCUT2D eigenvalue weighted by molar-refractivity contribution is 0.473. The molecule has 0 saturated carbocycles. The lowest BCUT2D eigenvalue weighted by Crippen LogP contribution is -1.89. The SMILES string of the molecule is C#Cc1ccc(Oc2cccc(F)c2)c(C)c1. The average molecular weight is 226 g/mol. The fourth-order valence-corrected chi connectivity index (χ4v) is 1.51. The van der Waals surface area contributed by atoms with Gasteiger partial charge in [0.05, 0.1) is 0 Å². The molecule has 0 saturated heterocycles. The van der Waals surface area contributed by atoms with Crippen molar-refractivity contribution in [2.45, 2.75) is 6.92 Å². The van der Waals surface area contributed by atoms with E-state index in [1.54, 1.807) is 24.3 Å². The maximum atomic E-state index is 13.0. The molecule has 0 aliphatic rings. The van der Waals surface area contributed by atoms with Crippen LogP contribution in [0.1, 0.15) is 11.1 Å². The van der Waals surface area contributed by atoms with Crippen molar-refractivity contribution in [3.8, 4) is 23.8 Å². The van der Waals surface area contributed by atoms with Crippen molar-refractivity contribution in [1.82, 2.24) is 0 Å². The fourth-order valence-electron chi connectivity index (χ4n) is 1.51. The summed E-state index contributed by atoms with van der Waals surface area (Å²) in [6.07, 6.45) is 5.30. The van der Waals surface area contributed by atoms with E-state index in [-0.39, 0.29) is 5.82 Å². The predicted molar refractivity (Wildman–Crippen MR) is 65.6 cm³/mol. The molecule has 0 aromatic heterocycles. The van der Waals surface area contributed by atoms with E-state index in [1.807, 2.05) is 13.0 Å². The van der Waals surface area contributed by atoms with Crippen LogP contribution in [0.15, 0.2) is 42.5 Å². The first-order valence-electron chi connectivity index (χ1n) is 5.20. The van der Waals surface area contributed by atoms with Gasteiger partial charge in [0.25, 0.3) is 0 Å². The van der Waals surface area contributed by atoms with Crippen LogP contribution < -0.4 is 4.74 Å². The molecule has 0 N–H and O–H groups in total. The summed E-state index contributed by atoms with van der Waals surface area (Å²) >= 11 is 0. The average Bonchev–Trinajstić information content (AvgIpc) is 2.32. The minimum atomic E-state index is -0.319. The molecule has 2 rings (SSSR count). The molecule has 0 unspecified atom stereocenters. The zero-order chi connectivity index (χ0) is 12.3. The standard InChI is InChI=1S/C15H11FO/c1-3-12-7-8-15(11(2)9-12)17-14-6-4-5-13(16)10-14/h1,4-10H,2H3. The van der Waals surface area contributed by atoms with Crippen molar-refractivity contribution in [2.75, 3.05) is 0 Å². The van der Waals surface area contributed by atoms with Gasteiger partial charge in [-0.3, -0.25) is 0 Å². The summed E-state index contributed by atoms with van der Waals surface area (Å²) in [5, 5.41) is 0. The number of ether oxygens (including phenoxy) is 1. The largest absolute Gasteiger partial charge is 0.457 e. The Labute approximate surface area is 99.9 Å². The molecule has 2 aromatic rings. The van der Waals surface area contributed by atoms with Crippen LogP contribution in [0.3, 0.4) is 0 Å². The smallest absolute Gasteiger partial charge is 0.130 e. The normalized spacial score (nSPS) is 9.71. The van der Waals surface area contributed by atoms with Gasteiger partial charge in [-0.1, -0.05) is 12.0 Å². The topological polar surface area (TPSA) is 9.23 Å². The minimum absolute atomic E-state index is 0.319. The Bertz CT molecular complexity index is 582. The zero-order valence-electron chi connectivity index (χ0n) is 9.41. The van der Waals surface area contributed by atoms with E-state index in [1.165, 1.54) is 12.1 Å². The quantitative estimate of drug-likeness (QED) is 0.705. The number of rotatable bonds is 2. The summed E-state index contributed by atoms with van der Waals surface area (Å²) in [6, 6.07) is 11.5. The van der Waals surface area contributed by atoms with Crippen LogP contribution in [0.5, 0.6) is 11.5 Å². The molecule has 2 aromatic carbocycles. The van der Waals surface area contributed by atoms with Gasteiger partial charge < -0.3 is 4.74 Å². The van der Waals surface area contributed by atoms with Gasteiger partial charge in [-0.25, -0.2) is 4.39 Å². The molecular weight excluding hydrogens is 215 g/mol. The van der Waals surface area contributed by atoms with Crippen molar-refractivity contribution in [1.29, 1.82) is 0 Å². The highest BCUT2D eigenvalue weighted by atomic mass is 19.1. The van der Waals surface area contributed by atoms with Gasteiger partial charge in [-0.15, -0.1) is 6.42 Å². The molecule has 0 radical (unpaired) electrons. The van der Waals surface area contributed by atoms with E-state index in [2.05, 4.69) is 5.92 Å². The Morgan fingerprint density at radius 1 is 1.18 bits per heavy atom. The number of halogens is 1. The summed E-state index contributed by atoms with van der Waals surface area (Å²) < 4.78 is 18.6. The van der Waals surface area contributed by atoms with Gasteiger partial charge in [0.1, 0.15) is 17.3 Å². The first-order chi connectivity index (χ1) is 8.19. The molecule has 0 fully saturated rings. The molecule has 0 spiro atoms. The highest BCUT2D eigenvalue weighted by Crippen LogP contribution is 2.25. The van der Waals surface area contributed by atoms with Crippen LogP contribution in [0, 0.1) is 25.1 Å². The summed E-state index contributed by atoms with van der Waals surface area (Å²) in [5.74, 6) is 3.38. The summed E-state index contributed by atoms with van der Waals surface area (Å²) in [7, 11) is 0. The molecule has 0 atom stereocenters. The van der Waals surface area contributed by atoms with Crippen molar-refractivity contribution in [3.05, 3.63) is 59.4 Å². The van der Waals surface area contributed by atoms with Crippen LogP contribution in [0.25, 0.3) is 0 Å². The summed E-state index contributed by atoms with van der Waals surface area (Å²) in [5.41, 5.74) is 1.72. The van der Waals surface area contributed by atoms with Gasteiger partial charge in [0, 0.05) is 11.6 Å². The van der Waals surface area contributed by atoms with Crippen molar-refractivity contribution in [2.24, 2.45) is 0 Å². The van der Waals surface area contributed by atoms with E-state index in [4.69, 9.17) is 11.2 Å². The Morgan fingerprint density at radius 3 is 2.65 bits per heavy atom. The van der Waals surface area contributed by atoms with Gasteiger partial charge in [-0.2, -0.15) is 0 Å². The number of hydrogen-bond donors (Lipinski definition) is 0. The third-order valence-corrected chi connectivity index (χ3v) is 2.37. The van der Waals surface area contributed by atoms with Crippen LogP contribution >= 0.6 is 0 Å². The third kappa shape index (κ3) is 2.64. The van der Waals surface area contributed by atoms with Gasteiger partial charge in [0.15, 0.2) is 0 Å². The van der Waals surface area contributed by atoms with Crippen molar-refractivity contribution < 1.29 is 9.13 Å². The van der Waals surface area contributed by atoms with Gasteiger partial charge in [0.2, 0.25) is 0 Å². The number of benzene rings is 2. The maximum absolute atomic E-state index is 13.0. The van der Waals surface area contributed by atoms with Crippen LogP contribution in [-0.4, -0.2) is 0 Å². The molecule has 0 aliphatic heterocycles. The fraction of sp³-hybridized carbons (Fsp3) is 0.0667. The second-order valence-electron chi connectivity index (χ2n) is 3.68. The highest BCUT2D eigenvalue weighted by molar-refractivity contribution is 5.44. The van der Waals surface area contributed by atoms with Crippen LogP contribution in [0.4, 0.5) is 4.39 Å². The van der Waals surface area contributed by atoms with Crippen molar-refractivity contribution >= 4 is 0 Å². The monoisotopic (exact) mass is 226 g/mol. The first kappa shape index (κ1) is 11.2. The minimum Gasteiger partial charge on any atom is -0.457 e.